The molecule has 0 spiro atoms. The zero-order valence-electron chi connectivity index (χ0n) is 12.6. The van der Waals surface area contributed by atoms with Crippen molar-refractivity contribution in [1.29, 1.82) is 0 Å². The van der Waals surface area contributed by atoms with Crippen LogP contribution in [0.3, 0.4) is 0 Å². The van der Waals surface area contributed by atoms with E-state index in [0.717, 1.165) is 12.8 Å². The smallest absolute Gasteiger partial charge is 0.304 e. The number of hydrogen-bond acceptors (Lipinski definition) is 4. The molecule has 2 heterocycles. The summed E-state index contributed by atoms with van der Waals surface area (Å²) in [6.45, 7) is 6.00. The van der Waals surface area contributed by atoms with E-state index in [1.165, 1.54) is 0 Å². The number of rotatable bonds is 5. The van der Waals surface area contributed by atoms with Gasteiger partial charge in [0.1, 0.15) is 0 Å². The van der Waals surface area contributed by atoms with Crippen LogP contribution in [0.25, 0.3) is 0 Å². The minimum Gasteiger partial charge on any atom is -0.481 e. The molecule has 0 aliphatic carbocycles. The molecule has 1 N–H and O–H groups in total. The molecule has 122 valence electrons. The lowest BCUT2D eigenvalue weighted by atomic mass is 10.0. The van der Waals surface area contributed by atoms with E-state index in [1.54, 1.807) is 8.61 Å². The van der Waals surface area contributed by atoms with Crippen LogP contribution in [0.4, 0.5) is 0 Å². The molecule has 2 fully saturated rings. The summed E-state index contributed by atoms with van der Waals surface area (Å²) in [4.78, 5) is 12.6. The first-order chi connectivity index (χ1) is 9.89. The van der Waals surface area contributed by atoms with Crippen LogP contribution in [0.5, 0.6) is 0 Å². The maximum absolute atomic E-state index is 12.6. The highest BCUT2D eigenvalue weighted by Crippen LogP contribution is 2.21. The van der Waals surface area contributed by atoms with Crippen molar-refractivity contribution in [2.75, 3.05) is 45.8 Å². The minimum absolute atomic E-state index is 0.108. The van der Waals surface area contributed by atoms with Crippen LogP contribution in [-0.4, -0.2) is 78.8 Å². The molecule has 0 aromatic rings. The summed E-state index contributed by atoms with van der Waals surface area (Å²) in [6, 6.07) is 0. The SMILES string of the molecule is CC1CCN(S(=O)(=O)N2CCN(CCC(=O)O)CC2)CC1. The zero-order valence-corrected chi connectivity index (χ0v) is 13.4. The van der Waals surface area contributed by atoms with Crippen LogP contribution < -0.4 is 0 Å². The maximum atomic E-state index is 12.6. The summed E-state index contributed by atoms with van der Waals surface area (Å²) in [5.41, 5.74) is 0. The number of nitrogens with zero attached hydrogens (tertiary/aromatic N) is 3. The van der Waals surface area contributed by atoms with Crippen LogP contribution in [0, 0.1) is 5.92 Å². The van der Waals surface area contributed by atoms with Crippen LogP contribution >= 0.6 is 0 Å². The van der Waals surface area contributed by atoms with E-state index in [0.29, 0.717) is 51.7 Å². The average molecular weight is 319 g/mol. The maximum Gasteiger partial charge on any atom is 0.304 e. The molecular weight excluding hydrogens is 294 g/mol. The summed E-state index contributed by atoms with van der Waals surface area (Å²) in [7, 11) is -3.34. The molecule has 7 nitrogen and oxygen atoms in total. The highest BCUT2D eigenvalue weighted by molar-refractivity contribution is 7.86. The second-order valence-electron chi connectivity index (χ2n) is 5.97. The molecule has 8 heteroatoms. The van der Waals surface area contributed by atoms with Crippen LogP contribution in [-0.2, 0) is 15.0 Å². The Balaban J connectivity index is 1.84. The number of carboxylic acids is 1. The van der Waals surface area contributed by atoms with Crippen LogP contribution in [0.15, 0.2) is 0 Å². The molecule has 21 heavy (non-hydrogen) atoms. The van der Waals surface area contributed by atoms with E-state index in [-0.39, 0.29) is 6.42 Å². The van der Waals surface area contributed by atoms with Crippen molar-refractivity contribution in [2.24, 2.45) is 5.92 Å². The minimum atomic E-state index is -3.34. The van der Waals surface area contributed by atoms with Gasteiger partial charge in [-0.1, -0.05) is 6.92 Å². The average Bonchev–Trinajstić information content (AvgIpc) is 2.46. The molecule has 0 bridgehead atoms. The summed E-state index contributed by atoms with van der Waals surface area (Å²) < 4.78 is 28.3. The van der Waals surface area contributed by atoms with Gasteiger partial charge in [-0.15, -0.1) is 0 Å². The molecular formula is C13H25N3O4S. The van der Waals surface area contributed by atoms with Gasteiger partial charge in [0.15, 0.2) is 0 Å². The molecule has 2 aliphatic rings. The fourth-order valence-electron chi connectivity index (χ4n) is 2.82. The van der Waals surface area contributed by atoms with E-state index in [9.17, 15) is 13.2 Å². The van der Waals surface area contributed by atoms with Gasteiger partial charge in [0.25, 0.3) is 10.2 Å². The van der Waals surface area contributed by atoms with E-state index < -0.39 is 16.2 Å². The fraction of sp³-hybridized carbons (Fsp3) is 0.923. The summed E-state index contributed by atoms with van der Waals surface area (Å²) in [5.74, 6) is -0.211. The van der Waals surface area contributed by atoms with Gasteiger partial charge in [-0.3, -0.25) is 4.79 Å². The molecule has 0 amide bonds. The summed E-state index contributed by atoms with van der Waals surface area (Å²) in [6.07, 6.45) is 1.96. The predicted octanol–water partition coefficient (Wildman–Crippen LogP) is 0.0554. The third-order valence-electron chi connectivity index (χ3n) is 4.37. The van der Waals surface area contributed by atoms with E-state index >= 15 is 0 Å². The molecule has 0 aromatic heterocycles. The van der Waals surface area contributed by atoms with Crippen molar-refractivity contribution in [2.45, 2.75) is 26.2 Å². The van der Waals surface area contributed by atoms with Crippen molar-refractivity contribution in [3.8, 4) is 0 Å². The Morgan fingerprint density at radius 3 is 2.10 bits per heavy atom. The van der Waals surface area contributed by atoms with Gasteiger partial charge < -0.3 is 10.0 Å². The van der Waals surface area contributed by atoms with Crippen LogP contribution in [0.2, 0.25) is 0 Å². The molecule has 2 rings (SSSR count). The third-order valence-corrected chi connectivity index (χ3v) is 6.40. The van der Waals surface area contributed by atoms with E-state index in [2.05, 4.69) is 6.92 Å². The monoisotopic (exact) mass is 319 g/mol. The second kappa shape index (κ2) is 7.04. The number of hydrogen-bond donors (Lipinski definition) is 1. The molecule has 0 atom stereocenters. The molecule has 2 aliphatic heterocycles. The van der Waals surface area contributed by atoms with E-state index in [4.69, 9.17) is 5.11 Å². The van der Waals surface area contributed by atoms with Crippen molar-refractivity contribution in [3.63, 3.8) is 0 Å². The van der Waals surface area contributed by atoms with Gasteiger partial charge in [-0.05, 0) is 18.8 Å². The number of piperazine rings is 1. The Hall–Kier alpha value is -0.700. The summed E-state index contributed by atoms with van der Waals surface area (Å²) in [5, 5.41) is 8.68. The Morgan fingerprint density at radius 2 is 1.57 bits per heavy atom. The van der Waals surface area contributed by atoms with Gasteiger partial charge in [-0.2, -0.15) is 17.0 Å². The third kappa shape index (κ3) is 4.38. The zero-order chi connectivity index (χ0) is 15.5. The Bertz CT molecular complexity index is 452. The highest BCUT2D eigenvalue weighted by Gasteiger charge is 2.33. The van der Waals surface area contributed by atoms with Gasteiger partial charge in [-0.25, -0.2) is 0 Å². The lowest BCUT2D eigenvalue weighted by molar-refractivity contribution is -0.137. The number of carbonyl (C=O) groups is 1. The molecule has 0 unspecified atom stereocenters. The summed E-state index contributed by atoms with van der Waals surface area (Å²) >= 11 is 0. The molecule has 0 aromatic carbocycles. The van der Waals surface area contributed by atoms with E-state index in [1.807, 2.05) is 4.90 Å². The number of carboxylic acid groups (broad SMARTS) is 1. The highest BCUT2D eigenvalue weighted by atomic mass is 32.2. The largest absolute Gasteiger partial charge is 0.481 e. The first-order valence-electron chi connectivity index (χ1n) is 7.59. The topological polar surface area (TPSA) is 81.2 Å². The quantitative estimate of drug-likeness (QED) is 0.775. The van der Waals surface area contributed by atoms with Crippen molar-refractivity contribution >= 4 is 16.2 Å². The Labute approximate surface area is 126 Å². The second-order valence-corrected chi connectivity index (χ2v) is 7.90. The number of piperidine rings is 1. The van der Waals surface area contributed by atoms with Crippen molar-refractivity contribution < 1.29 is 18.3 Å². The van der Waals surface area contributed by atoms with Crippen molar-refractivity contribution in [3.05, 3.63) is 0 Å². The lowest BCUT2D eigenvalue weighted by Gasteiger charge is -2.38. The molecule has 2 saturated heterocycles. The van der Waals surface area contributed by atoms with Gasteiger partial charge >= 0.3 is 5.97 Å². The van der Waals surface area contributed by atoms with Gasteiger partial charge in [0.2, 0.25) is 0 Å². The van der Waals surface area contributed by atoms with Crippen LogP contribution in [0.1, 0.15) is 26.2 Å². The molecule has 0 radical (unpaired) electrons. The first kappa shape index (κ1) is 16.7. The predicted molar refractivity (Wildman–Crippen MR) is 79.2 cm³/mol. The Kier molecular flexibility index (Phi) is 5.59. The Morgan fingerprint density at radius 1 is 1.05 bits per heavy atom. The van der Waals surface area contributed by atoms with Gasteiger partial charge in [0, 0.05) is 45.8 Å². The van der Waals surface area contributed by atoms with Crippen molar-refractivity contribution in [1.82, 2.24) is 13.5 Å². The van der Waals surface area contributed by atoms with Gasteiger partial charge in [0.05, 0.1) is 6.42 Å². The number of aliphatic carboxylic acids is 1. The standard InChI is InChI=1S/C13H25N3O4S/c1-12-2-6-15(7-3-12)21(19,20)16-10-8-14(9-11-16)5-4-13(17)18/h12H,2-11H2,1H3,(H,17,18). The molecule has 0 saturated carbocycles. The lowest BCUT2D eigenvalue weighted by Crippen LogP contribution is -2.54. The normalized spacial score (nSPS) is 24.2. The fourth-order valence-corrected chi connectivity index (χ4v) is 4.44. The first-order valence-corrected chi connectivity index (χ1v) is 8.98.